The lowest BCUT2D eigenvalue weighted by molar-refractivity contribution is 0.305. The number of benzene rings is 2. The summed E-state index contributed by atoms with van der Waals surface area (Å²) in [6, 6.07) is 12.1. The minimum absolute atomic E-state index is 0.261. The molecule has 0 saturated heterocycles. The topological polar surface area (TPSA) is 9.23 Å². The summed E-state index contributed by atoms with van der Waals surface area (Å²) >= 11 is 6.10. The van der Waals surface area contributed by atoms with E-state index in [1.165, 1.54) is 17.7 Å². The molecule has 19 heavy (non-hydrogen) atoms. The molecule has 0 aliphatic carbocycles. The van der Waals surface area contributed by atoms with Crippen LogP contribution in [0.4, 0.5) is 4.39 Å². The van der Waals surface area contributed by atoms with Crippen LogP contribution in [0.3, 0.4) is 0 Å². The van der Waals surface area contributed by atoms with Crippen molar-refractivity contribution in [1.82, 2.24) is 0 Å². The molecule has 2 rings (SSSR count). The maximum absolute atomic E-state index is 13.1. The van der Waals surface area contributed by atoms with Gasteiger partial charge in [-0.15, -0.1) is 0 Å². The van der Waals surface area contributed by atoms with E-state index in [2.05, 4.69) is 13.8 Å². The summed E-state index contributed by atoms with van der Waals surface area (Å²) in [6.45, 7) is 4.53. The number of hydrogen-bond acceptors (Lipinski definition) is 1. The average Bonchev–Trinajstić information content (AvgIpc) is 2.37. The molecule has 3 heteroatoms. The molecule has 0 heterocycles. The van der Waals surface area contributed by atoms with Crippen LogP contribution in [0.25, 0.3) is 0 Å². The molecule has 0 saturated carbocycles. The summed E-state index contributed by atoms with van der Waals surface area (Å²) in [5, 5.41) is 0.570. The van der Waals surface area contributed by atoms with Crippen LogP contribution in [-0.2, 0) is 6.61 Å². The van der Waals surface area contributed by atoms with E-state index in [1.807, 2.05) is 24.3 Å². The first-order valence-electron chi connectivity index (χ1n) is 6.23. The minimum Gasteiger partial charge on any atom is -0.487 e. The van der Waals surface area contributed by atoms with Crippen LogP contribution < -0.4 is 4.74 Å². The van der Waals surface area contributed by atoms with Gasteiger partial charge in [-0.05, 0) is 41.3 Å². The zero-order valence-electron chi connectivity index (χ0n) is 11.0. The Labute approximate surface area is 118 Å². The van der Waals surface area contributed by atoms with Crippen molar-refractivity contribution >= 4 is 11.6 Å². The summed E-state index contributed by atoms with van der Waals surface area (Å²) in [6.07, 6.45) is 0. The van der Waals surface area contributed by atoms with Crippen LogP contribution in [0.2, 0.25) is 5.02 Å². The SMILES string of the molecule is CC(C)c1ccc(Cl)c(OCc2cccc(F)c2)c1. The van der Waals surface area contributed by atoms with E-state index < -0.39 is 0 Å². The Hall–Kier alpha value is -1.54. The fourth-order valence-electron chi connectivity index (χ4n) is 1.78. The molecule has 0 aromatic heterocycles. The minimum atomic E-state index is -0.261. The quantitative estimate of drug-likeness (QED) is 0.748. The number of hydrogen-bond donors (Lipinski definition) is 0. The van der Waals surface area contributed by atoms with Gasteiger partial charge in [0.05, 0.1) is 5.02 Å². The maximum Gasteiger partial charge on any atom is 0.138 e. The number of rotatable bonds is 4. The molecule has 0 N–H and O–H groups in total. The highest BCUT2D eigenvalue weighted by molar-refractivity contribution is 6.32. The van der Waals surface area contributed by atoms with E-state index in [-0.39, 0.29) is 5.82 Å². The van der Waals surface area contributed by atoms with Crippen molar-refractivity contribution in [2.24, 2.45) is 0 Å². The molecular weight excluding hydrogens is 263 g/mol. The fraction of sp³-hybridized carbons (Fsp3) is 0.250. The van der Waals surface area contributed by atoms with Crippen molar-refractivity contribution < 1.29 is 9.13 Å². The molecule has 0 spiro atoms. The highest BCUT2D eigenvalue weighted by atomic mass is 35.5. The van der Waals surface area contributed by atoms with E-state index in [4.69, 9.17) is 16.3 Å². The summed E-state index contributed by atoms with van der Waals surface area (Å²) in [5.41, 5.74) is 1.95. The second-order valence-electron chi connectivity index (χ2n) is 4.76. The van der Waals surface area contributed by atoms with E-state index in [9.17, 15) is 4.39 Å². The Bertz CT molecular complexity index is 566. The van der Waals surface area contributed by atoms with Crippen molar-refractivity contribution in [2.45, 2.75) is 26.4 Å². The Morgan fingerprint density at radius 1 is 1.16 bits per heavy atom. The maximum atomic E-state index is 13.1. The Morgan fingerprint density at radius 3 is 2.63 bits per heavy atom. The number of halogens is 2. The predicted molar refractivity (Wildman–Crippen MR) is 76.3 cm³/mol. The lowest BCUT2D eigenvalue weighted by atomic mass is 10.0. The van der Waals surface area contributed by atoms with Gasteiger partial charge in [0.25, 0.3) is 0 Å². The summed E-state index contributed by atoms with van der Waals surface area (Å²) in [4.78, 5) is 0. The lowest BCUT2D eigenvalue weighted by Crippen LogP contribution is -1.98. The molecule has 0 unspecified atom stereocenters. The Balaban J connectivity index is 2.12. The van der Waals surface area contributed by atoms with Crippen LogP contribution in [0, 0.1) is 5.82 Å². The first kappa shape index (κ1) is 13.9. The summed E-state index contributed by atoms with van der Waals surface area (Å²) in [7, 11) is 0. The largest absolute Gasteiger partial charge is 0.487 e. The van der Waals surface area contributed by atoms with Gasteiger partial charge in [0.15, 0.2) is 0 Å². The normalized spacial score (nSPS) is 10.8. The molecule has 2 aromatic rings. The molecule has 0 radical (unpaired) electrons. The van der Waals surface area contributed by atoms with Crippen molar-refractivity contribution in [1.29, 1.82) is 0 Å². The molecule has 2 aromatic carbocycles. The zero-order valence-corrected chi connectivity index (χ0v) is 11.7. The lowest BCUT2D eigenvalue weighted by Gasteiger charge is -2.12. The molecule has 0 amide bonds. The van der Waals surface area contributed by atoms with Crippen molar-refractivity contribution in [3.8, 4) is 5.75 Å². The van der Waals surface area contributed by atoms with Gasteiger partial charge >= 0.3 is 0 Å². The van der Waals surface area contributed by atoms with Gasteiger partial charge in [-0.1, -0.05) is 43.6 Å². The van der Waals surface area contributed by atoms with Crippen molar-refractivity contribution in [3.05, 3.63) is 64.4 Å². The van der Waals surface area contributed by atoms with Gasteiger partial charge in [0.1, 0.15) is 18.2 Å². The zero-order chi connectivity index (χ0) is 13.8. The highest BCUT2D eigenvalue weighted by Gasteiger charge is 2.06. The molecule has 0 aliphatic rings. The van der Waals surface area contributed by atoms with E-state index >= 15 is 0 Å². The van der Waals surface area contributed by atoms with Gasteiger partial charge in [-0.25, -0.2) is 4.39 Å². The molecule has 0 atom stereocenters. The molecular formula is C16H16ClFO. The average molecular weight is 279 g/mol. The summed E-state index contributed by atoms with van der Waals surface area (Å²) < 4.78 is 18.7. The third-order valence-electron chi connectivity index (χ3n) is 2.91. The first-order valence-corrected chi connectivity index (χ1v) is 6.61. The number of ether oxygens (including phenoxy) is 1. The fourth-order valence-corrected chi connectivity index (χ4v) is 1.95. The smallest absolute Gasteiger partial charge is 0.138 e. The first-order chi connectivity index (χ1) is 9.06. The highest BCUT2D eigenvalue weighted by Crippen LogP contribution is 2.29. The Kier molecular flexibility index (Phi) is 4.43. The van der Waals surface area contributed by atoms with Crippen molar-refractivity contribution in [3.63, 3.8) is 0 Å². The van der Waals surface area contributed by atoms with Crippen LogP contribution >= 0.6 is 11.6 Å². The monoisotopic (exact) mass is 278 g/mol. The van der Waals surface area contributed by atoms with Crippen LogP contribution in [0.1, 0.15) is 30.9 Å². The van der Waals surface area contributed by atoms with E-state index in [0.717, 1.165) is 5.56 Å². The third-order valence-corrected chi connectivity index (χ3v) is 3.22. The molecule has 0 bridgehead atoms. The standard InChI is InChI=1S/C16H16ClFO/c1-11(2)13-6-7-15(17)16(9-13)19-10-12-4-3-5-14(18)8-12/h3-9,11H,10H2,1-2H3. The molecule has 1 nitrogen and oxygen atoms in total. The third kappa shape index (κ3) is 3.71. The predicted octanol–water partition coefficient (Wildman–Crippen LogP) is 5.18. The Morgan fingerprint density at radius 2 is 1.95 bits per heavy atom. The van der Waals surface area contributed by atoms with Gasteiger partial charge in [0, 0.05) is 0 Å². The van der Waals surface area contributed by atoms with Gasteiger partial charge in [-0.3, -0.25) is 0 Å². The van der Waals surface area contributed by atoms with E-state index in [0.29, 0.717) is 23.3 Å². The van der Waals surface area contributed by atoms with Crippen LogP contribution in [0.5, 0.6) is 5.75 Å². The van der Waals surface area contributed by atoms with Crippen LogP contribution in [-0.4, -0.2) is 0 Å². The van der Waals surface area contributed by atoms with E-state index in [1.54, 1.807) is 6.07 Å². The van der Waals surface area contributed by atoms with Gasteiger partial charge in [-0.2, -0.15) is 0 Å². The van der Waals surface area contributed by atoms with Gasteiger partial charge < -0.3 is 4.74 Å². The molecule has 100 valence electrons. The van der Waals surface area contributed by atoms with Gasteiger partial charge in [0.2, 0.25) is 0 Å². The molecule has 0 fully saturated rings. The summed E-state index contributed by atoms with van der Waals surface area (Å²) in [5.74, 6) is 0.786. The second-order valence-corrected chi connectivity index (χ2v) is 5.17. The van der Waals surface area contributed by atoms with Crippen molar-refractivity contribution in [2.75, 3.05) is 0 Å². The van der Waals surface area contributed by atoms with Crippen LogP contribution in [0.15, 0.2) is 42.5 Å². The second kappa shape index (κ2) is 6.07. The molecule has 0 aliphatic heterocycles.